The minimum Gasteiger partial charge on any atom is -0.310 e. The van der Waals surface area contributed by atoms with Crippen molar-refractivity contribution in [1.82, 2.24) is 0 Å². The molecule has 1 spiro atoms. The second-order valence-electron chi connectivity index (χ2n) is 19.6. The number of hydrogen-bond donors (Lipinski definition) is 0. The highest BCUT2D eigenvalue weighted by Crippen LogP contribution is 2.65. The van der Waals surface area contributed by atoms with E-state index in [-0.39, 0.29) is 5.41 Å². The zero-order valence-electron chi connectivity index (χ0n) is 39.1. The lowest BCUT2D eigenvalue weighted by atomic mass is 9.70. The number of benzene rings is 11. The molecule has 0 atom stereocenters. The number of nitrogens with zero attached hydrogens (tertiary/aromatic N) is 2. The molecule has 14 rings (SSSR count). The fourth-order valence-corrected chi connectivity index (χ4v) is 12.7. The first-order valence-corrected chi connectivity index (χ1v) is 24.5. The summed E-state index contributed by atoms with van der Waals surface area (Å²) in [4.78, 5) is 5.01. The largest absolute Gasteiger partial charge is 0.310 e. The SMILES string of the molecule is CC1(C)c2ccccc2-c2c(N(c3ccccc3)c3cc(-c4cc(N(c5ccccc5)c5ccccc5)c5c(c4)C4(c6ccccc6-c6ccccc64)c4ccccc4-5)cc4ccccc34)cccc21. The fourth-order valence-electron chi connectivity index (χ4n) is 12.7. The van der Waals surface area contributed by atoms with Crippen molar-refractivity contribution in [3.05, 3.63) is 288 Å². The van der Waals surface area contributed by atoms with Crippen LogP contribution in [-0.4, -0.2) is 0 Å². The van der Waals surface area contributed by atoms with Gasteiger partial charge in [-0.3, -0.25) is 0 Å². The Bertz CT molecular complexity index is 3780. The third-order valence-corrected chi connectivity index (χ3v) is 15.6. The molecule has 0 bridgehead atoms. The molecule has 0 saturated heterocycles. The first-order valence-electron chi connectivity index (χ1n) is 24.5. The minimum atomic E-state index is -0.552. The van der Waals surface area contributed by atoms with Crippen LogP contribution < -0.4 is 9.80 Å². The molecule has 0 N–H and O–H groups in total. The molecule has 11 aromatic rings. The maximum absolute atomic E-state index is 2.55. The van der Waals surface area contributed by atoms with Crippen LogP contribution in [0, 0.1) is 0 Å². The predicted octanol–water partition coefficient (Wildman–Crippen LogP) is 18.1. The number of para-hydroxylation sites is 3. The molecule has 0 fully saturated rings. The summed E-state index contributed by atoms with van der Waals surface area (Å²) in [6, 6.07) is 95.0. The Morgan fingerprint density at radius 2 is 0.714 bits per heavy atom. The molecule has 0 amide bonds. The van der Waals surface area contributed by atoms with Crippen LogP contribution in [0.1, 0.15) is 47.2 Å². The van der Waals surface area contributed by atoms with Gasteiger partial charge in [0.05, 0.1) is 22.5 Å². The number of anilines is 6. The first-order chi connectivity index (χ1) is 34.5. The van der Waals surface area contributed by atoms with E-state index < -0.39 is 5.41 Å². The summed E-state index contributed by atoms with van der Waals surface area (Å²) in [6.45, 7) is 4.74. The quantitative estimate of drug-likeness (QED) is 0.157. The third kappa shape index (κ3) is 5.68. The van der Waals surface area contributed by atoms with Crippen molar-refractivity contribution in [2.24, 2.45) is 0 Å². The van der Waals surface area contributed by atoms with Gasteiger partial charge in [0.15, 0.2) is 0 Å². The van der Waals surface area contributed by atoms with Crippen LogP contribution in [0.4, 0.5) is 34.1 Å². The number of hydrogen-bond acceptors (Lipinski definition) is 2. The molecule has 330 valence electrons. The van der Waals surface area contributed by atoms with E-state index in [0.29, 0.717) is 0 Å². The lowest BCUT2D eigenvalue weighted by Gasteiger charge is -2.33. The maximum atomic E-state index is 2.55. The lowest BCUT2D eigenvalue weighted by molar-refractivity contribution is 0.660. The molecule has 0 aromatic heterocycles. The van der Waals surface area contributed by atoms with E-state index in [1.54, 1.807) is 0 Å². The van der Waals surface area contributed by atoms with Crippen molar-refractivity contribution in [3.63, 3.8) is 0 Å². The van der Waals surface area contributed by atoms with Gasteiger partial charge in [0.2, 0.25) is 0 Å². The molecule has 3 aliphatic rings. The van der Waals surface area contributed by atoms with Gasteiger partial charge in [-0.25, -0.2) is 0 Å². The van der Waals surface area contributed by atoms with E-state index in [1.165, 1.54) is 83.2 Å². The Kier molecular flexibility index (Phi) is 8.88. The standard InChI is InChI=1S/C68H48N2/c1-67(2)56-35-18-16-33-54(56)65-60(67)39-22-40-62(65)70(50-28-10-5-11-29-50)63-43-46(41-45-23-12-13-30-51(45)63)47-42-61-66(64(44-47)69(48-24-6-3-7-25-48)49-26-8-4-9-27-49)55-34-17-21-38-59(55)68(61)57-36-19-14-31-52(57)53-32-15-20-37-58(53)68/h3-44H,1-2H3. The van der Waals surface area contributed by atoms with Gasteiger partial charge in [0.25, 0.3) is 0 Å². The highest BCUT2D eigenvalue weighted by Gasteiger charge is 2.52. The molecular formula is C68H48N2. The highest BCUT2D eigenvalue weighted by molar-refractivity contribution is 6.07. The number of rotatable bonds is 7. The Morgan fingerprint density at radius 3 is 1.33 bits per heavy atom. The lowest BCUT2D eigenvalue weighted by Crippen LogP contribution is -2.26. The summed E-state index contributed by atoms with van der Waals surface area (Å²) < 4.78 is 0. The van der Waals surface area contributed by atoms with Crippen LogP contribution in [0.5, 0.6) is 0 Å². The van der Waals surface area contributed by atoms with Gasteiger partial charge in [0, 0.05) is 39.0 Å². The van der Waals surface area contributed by atoms with Gasteiger partial charge < -0.3 is 9.80 Å². The molecule has 3 aliphatic carbocycles. The van der Waals surface area contributed by atoms with Crippen molar-refractivity contribution >= 4 is 44.9 Å². The van der Waals surface area contributed by atoms with Crippen LogP contribution in [0.2, 0.25) is 0 Å². The monoisotopic (exact) mass is 892 g/mol. The molecule has 11 aromatic carbocycles. The molecule has 0 radical (unpaired) electrons. The van der Waals surface area contributed by atoms with Crippen LogP contribution in [0.3, 0.4) is 0 Å². The van der Waals surface area contributed by atoms with Gasteiger partial charge in [0.1, 0.15) is 0 Å². The first kappa shape index (κ1) is 40.4. The van der Waals surface area contributed by atoms with Gasteiger partial charge >= 0.3 is 0 Å². The molecular weight excluding hydrogens is 845 g/mol. The van der Waals surface area contributed by atoms with E-state index in [2.05, 4.69) is 278 Å². The van der Waals surface area contributed by atoms with Gasteiger partial charge in [-0.2, -0.15) is 0 Å². The summed E-state index contributed by atoms with van der Waals surface area (Å²) in [5, 5.41) is 2.38. The molecule has 0 unspecified atom stereocenters. The zero-order chi connectivity index (χ0) is 46.6. The van der Waals surface area contributed by atoms with Gasteiger partial charge in [-0.1, -0.05) is 202 Å². The molecule has 0 aliphatic heterocycles. The summed E-state index contributed by atoms with van der Waals surface area (Å²) in [5.74, 6) is 0. The third-order valence-electron chi connectivity index (χ3n) is 15.6. The summed E-state index contributed by atoms with van der Waals surface area (Å²) in [6.07, 6.45) is 0. The maximum Gasteiger partial charge on any atom is 0.0726 e. The fraction of sp³-hybridized carbons (Fsp3) is 0.0588. The molecule has 70 heavy (non-hydrogen) atoms. The second-order valence-corrected chi connectivity index (χ2v) is 19.6. The van der Waals surface area contributed by atoms with E-state index in [4.69, 9.17) is 0 Å². The Labute approximate surface area is 410 Å². The van der Waals surface area contributed by atoms with Crippen molar-refractivity contribution in [3.8, 4) is 44.5 Å². The van der Waals surface area contributed by atoms with Gasteiger partial charge in [-0.15, -0.1) is 0 Å². The summed E-state index contributed by atoms with van der Waals surface area (Å²) in [7, 11) is 0. The Morgan fingerprint density at radius 1 is 0.286 bits per heavy atom. The van der Waals surface area contributed by atoms with Crippen molar-refractivity contribution in [2.45, 2.75) is 24.7 Å². The number of fused-ring (bicyclic) bond motifs is 14. The van der Waals surface area contributed by atoms with Crippen molar-refractivity contribution in [1.29, 1.82) is 0 Å². The van der Waals surface area contributed by atoms with E-state index >= 15 is 0 Å². The topological polar surface area (TPSA) is 6.48 Å². The smallest absolute Gasteiger partial charge is 0.0726 e. The van der Waals surface area contributed by atoms with Crippen LogP contribution in [-0.2, 0) is 10.8 Å². The molecule has 2 heteroatoms. The Hall–Kier alpha value is -8.72. The summed E-state index contributed by atoms with van der Waals surface area (Å²) in [5.41, 5.74) is 24.1. The van der Waals surface area contributed by atoms with E-state index in [1.807, 2.05) is 0 Å². The van der Waals surface area contributed by atoms with Crippen LogP contribution in [0.15, 0.2) is 255 Å². The minimum absolute atomic E-state index is 0.149. The Balaban J connectivity index is 1.10. The average Bonchev–Trinajstić information content (AvgIpc) is 3.98. The van der Waals surface area contributed by atoms with E-state index in [9.17, 15) is 0 Å². The summed E-state index contributed by atoms with van der Waals surface area (Å²) >= 11 is 0. The van der Waals surface area contributed by atoms with E-state index in [0.717, 1.165) is 39.6 Å². The van der Waals surface area contributed by atoms with Crippen LogP contribution >= 0.6 is 0 Å². The molecule has 2 nitrogen and oxygen atoms in total. The van der Waals surface area contributed by atoms with Crippen molar-refractivity contribution < 1.29 is 0 Å². The highest BCUT2D eigenvalue weighted by atomic mass is 15.2. The molecule has 0 heterocycles. The average molecular weight is 893 g/mol. The van der Waals surface area contributed by atoms with Gasteiger partial charge in [-0.05, 0) is 139 Å². The van der Waals surface area contributed by atoms with Crippen LogP contribution in [0.25, 0.3) is 55.3 Å². The second kappa shape index (κ2) is 15.4. The predicted molar refractivity (Wildman–Crippen MR) is 293 cm³/mol. The molecule has 0 saturated carbocycles. The zero-order valence-corrected chi connectivity index (χ0v) is 39.1. The normalized spacial score (nSPS) is 13.8. The van der Waals surface area contributed by atoms with Crippen molar-refractivity contribution in [2.75, 3.05) is 9.80 Å².